The van der Waals surface area contributed by atoms with E-state index in [4.69, 9.17) is 0 Å². The Morgan fingerprint density at radius 1 is 0.838 bits per heavy atom. The van der Waals surface area contributed by atoms with E-state index in [1.807, 2.05) is 0 Å². The van der Waals surface area contributed by atoms with Crippen molar-refractivity contribution in [2.24, 2.45) is 51.2 Å². The lowest BCUT2D eigenvalue weighted by molar-refractivity contribution is -0.223. The van der Waals surface area contributed by atoms with Crippen molar-refractivity contribution in [1.82, 2.24) is 4.98 Å². The quantitative estimate of drug-likeness (QED) is 0.377. The van der Waals surface area contributed by atoms with Gasteiger partial charge in [-0.2, -0.15) is 0 Å². The van der Waals surface area contributed by atoms with E-state index in [0.29, 0.717) is 21.7 Å². The number of nitrogens with one attached hydrogen (secondary N) is 1. The first-order valence-electron chi connectivity index (χ1n) is 15.6. The highest BCUT2D eigenvalue weighted by atomic mass is 14.8. The number of hydrogen-bond donors (Lipinski definition) is 1. The Kier molecular flexibility index (Phi) is 4.88. The summed E-state index contributed by atoms with van der Waals surface area (Å²) < 4.78 is 0. The first-order chi connectivity index (χ1) is 17.4. The number of fused-ring (bicyclic) bond motifs is 10. The highest BCUT2D eigenvalue weighted by Crippen LogP contribution is 2.77. The van der Waals surface area contributed by atoms with Gasteiger partial charge in [0.25, 0.3) is 0 Å². The average molecular weight is 498 g/mol. The summed E-state index contributed by atoms with van der Waals surface area (Å²) >= 11 is 0. The summed E-state index contributed by atoms with van der Waals surface area (Å²) in [5, 5.41) is 1.49. The van der Waals surface area contributed by atoms with E-state index in [2.05, 4.69) is 84.3 Å². The molecule has 37 heavy (non-hydrogen) atoms. The number of hydrogen-bond acceptors (Lipinski definition) is 0. The summed E-state index contributed by atoms with van der Waals surface area (Å²) in [7, 11) is 0. The summed E-state index contributed by atoms with van der Waals surface area (Å²) in [6.45, 7) is 23.0. The maximum absolute atomic E-state index is 4.54. The predicted molar refractivity (Wildman–Crippen MR) is 157 cm³/mol. The van der Waals surface area contributed by atoms with Crippen molar-refractivity contribution < 1.29 is 0 Å². The van der Waals surface area contributed by atoms with Gasteiger partial charge in [-0.05, 0) is 128 Å². The molecule has 9 atom stereocenters. The molecule has 7 rings (SSSR count). The third-order valence-electron chi connectivity index (χ3n) is 14.6. The normalized spacial score (nSPS) is 47.9. The van der Waals surface area contributed by atoms with Crippen LogP contribution in [0.2, 0.25) is 0 Å². The Labute approximate surface area is 226 Å². The first kappa shape index (κ1) is 24.5. The summed E-state index contributed by atoms with van der Waals surface area (Å²) in [6.07, 6.45) is 12.7. The number of para-hydroxylation sites is 1. The maximum atomic E-state index is 4.54. The molecule has 0 unspecified atom stereocenters. The van der Waals surface area contributed by atoms with Gasteiger partial charge < -0.3 is 4.98 Å². The highest BCUT2D eigenvalue weighted by Gasteiger charge is 2.70. The minimum atomic E-state index is 0.197. The van der Waals surface area contributed by atoms with Crippen LogP contribution in [-0.2, 0) is 11.8 Å². The number of H-pyrrole nitrogens is 1. The first-order valence-corrected chi connectivity index (χ1v) is 15.6. The Balaban J connectivity index is 1.33. The van der Waals surface area contributed by atoms with Crippen LogP contribution in [-0.4, -0.2) is 4.98 Å². The van der Waals surface area contributed by atoms with Crippen LogP contribution in [0.3, 0.4) is 0 Å². The van der Waals surface area contributed by atoms with E-state index in [1.54, 1.807) is 11.3 Å². The van der Waals surface area contributed by atoms with Gasteiger partial charge in [0, 0.05) is 22.0 Å². The maximum Gasteiger partial charge on any atom is 0.0459 e. The number of aromatic amines is 1. The third kappa shape index (κ3) is 2.83. The standard InChI is InChI=1S/C36H51N/c1-22(2)23-15-17-33(5)19-20-35(7)26(30(23)33)13-14-29-34(6)21-25-24-11-9-10-12-27(24)37-31(25)32(3,4)28(34)16-18-36(29,35)8/h9-12,23,26,28-30,37H,1,13-21H2,2-8H3/t23-,26+,28-,29+,30+,33+,34-,35+,36+/m0/s1. The van der Waals surface area contributed by atoms with E-state index < -0.39 is 0 Å². The van der Waals surface area contributed by atoms with Crippen LogP contribution in [0.1, 0.15) is 111 Å². The molecule has 1 N–H and O–H groups in total. The second kappa shape index (κ2) is 7.37. The van der Waals surface area contributed by atoms with Crippen LogP contribution in [0.25, 0.3) is 10.9 Å². The van der Waals surface area contributed by atoms with E-state index in [1.165, 1.54) is 74.3 Å². The molecule has 1 heteroatoms. The third-order valence-corrected chi connectivity index (χ3v) is 14.6. The zero-order chi connectivity index (χ0) is 26.2. The van der Waals surface area contributed by atoms with Gasteiger partial charge >= 0.3 is 0 Å². The zero-order valence-electron chi connectivity index (χ0n) is 24.8. The lowest BCUT2D eigenvalue weighted by Gasteiger charge is -2.72. The molecule has 2 aromatic rings. The molecule has 0 spiro atoms. The van der Waals surface area contributed by atoms with Crippen molar-refractivity contribution in [1.29, 1.82) is 0 Å². The van der Waals surface area contributed by atoms with Crippen molar-refractivity contribution in [3.8, 4) is 0 Å². The molecular formula is C36H51N. The van der Waals surface area contributed by atoms with Crippen LogP contribution < -0.4 is 0 Å². The minimum absolute atomic E-state index is 0.197. The lowest BCUT2D eigenvalue weighted by atomic mass is 9.32. The smallest absolute Gasteiger partial charge is 0.0459 e. The fourth-order valence-electron chi connectivity index (χ4n) is 12.8. The number of benzene rings is 1. The molecule has 4 fully saturated rings. The number of aromatic nitrogens is 1. The number of allylic oxidation sites excluding steroid dienone is 1. The summed E-state index contributed by atoms with van der Waals surface area (Å²) in [5.41, 5.74) is 8.01. The van der Waals surface area contributed by atoms with Crippen LogP contribution in [0.15, 0.2) is 36.4 Å². The molecule has 0 amide bonds. The van der Waals surface area contributed by atoms with Crippen LogP contribution in [0, 0.1) is 51.2 Å². The predicted octanol–water partition coefficient (Wildman–Crippen LogP) is 9.86. The second-order valence-electron chi connectivity index (χ2n) is 16.3. The van der Waals surface area contributed by atoms with Gasteiger partial charge in [-0.25, -0.2) is 0 Å². The minimum Gasteiger partial charge on any atom is -0.358 e. The van der Waals surface area contributed by atoms with E-state index in [9.17, 15) is 0 Å². The molecule has 5 aliphatic rings. The Morgan fingerprint density at radius 3 is 2.35 bits per heavy atom. The van der Waals surface area contributed by atoms with Gasteiger partial charge in [0.05, 0.1) is 0 Å². The largest absolute Gasteiger partial charge is 0.358 e. The molecule has 0 radical (unpaired) electrons. The van der Waals surface area contributed by atoms with Crippen molar-refractivity contribution in [2.75, 3.05) is 0 Å². The van der Waals surface area contributed by atoms with Gasteiger partial charge in [-0.3, -0.25) is 0 Å². The molecule has 0 bridgehead atoms. The van der Waals surface area contributed by atoms with Gasteiger partial charge in [-0.15, -0.1) is 0 Å². The molecule has 1 heterocycles. The summed E-state index contributed by atoms with van der Waals surface area (Å²) in [4.78, 5) is 3.93. The monoisotopic (exact) mass is 497 g/mol. The Hall–Kier alpha value is -1.50. The van der Waals surface area contributed by atoms with Crippen LogP contribution in [0.4, 0.5) is 0 Å². The van der Waals surface area contributed by atoms with Gasteiger partial charge in [-0.1, -0.05) is 71.9 Å². The van der Waals surface area contributed by atoms with Gasteiger partial charge in [0.2, 0.25) is 0 Å². The SMILES string of the molecule is C=C(C)[C@@H]1CC[C@]2(C)CC[C@]3(C)[C@H](CC[C@@H]4[C@@]5(C)Cc6c([nH]c7ccccc67)C(C)(C)[C@@H]5CC[C@]43C)[C@@H]12. The summed E-state index contributed by atoms with van der Waals surface area (Å²) in [6, 6.07) is 9.12. The molecule has 0 saturated heterocycles. The fraction of sp³-hybridized carbons (Fsp3) is 0.722. The molecule has 1 aromatic heterocycles. The topological polar surface area (TPSA) is 15.8 Å². The lowest BCUT2D eigenvalue weighted by Crippen LogP contribution is -2.66. The van der Waals surface area contributed by atoms with Crippen molar-refractivity contribution in [2.45, 2.75) is 112 Å². The fourth-order valence-corrected chi connectivity index (χ4v) is 12.8. The molecule has 200 valence electrons. The summed E-state index contributed by atoms with van der Waals surface area (Å²) in [5.74, 6) is 4.05. The van der Waals surface area contributed by atoms with Crippen molar-refractivity contribution in [3.05, 3.63) is 47.7 Å². The van der Waals surface area contributed by atoms with E-state index in [0.717, 1.165) is 29.6 Å². The van der Waals surface area contributed by atoms with Crippen LogP contribution >= 0.6 is 0 Å². The number of rotatable bonds is 1. The average Bonchev–Trinajstić information content (AvgIpc) is 3.38. The van der Waals surface area contributed by atoms with Crippen molar-refractivity contribution >= 4 is 10.9 Å². The molecule has 1 nitrogen and oxygen atoms in total. The van der Waals surface area contributed by atoms with Crippen molar-refractivity contribution in [3.63, 3.8) is 0 Å². The molecule has 4 saturated carbocycles. The Morgan fingerprint density at radius 2 is 1.59 bits per heavy atom. The van der Waals surface area contributed by atoms with Gasteiger partial charge in [0.15, 0.2) is 0 Å². The zero-order valence-corrected chi connectivity index (χ0v) is 24.8. The molecular weight excluding hydrogens is 446 g/mol. The molecule has 0 aliphatic heterocycles. The highest BCUT2D eigenvalue weighted by molar-refractivity contribution is 5.85. The van der Waals surface area contributed by atoms with E-state index in [-0.39, 0.29) is 5.41 Å². The van der Waals surface area contributed by atoms with Gasteiger partial charge in [0.1, 0.15) is 0 Å². The molecule has 1 aromatic carbocycles. The Bertz CT molecular complexity index is 1280. The second-order valence-corrected chi connectivity index (χ2v) is 16.3. The molecule has 5 aliphatic carbocycles. The van der Waals surface area contributed by atoms with Crippen LogP contribution in [0.5, 0.6) is 0 Å². The van der Waals surface area contributed by atoms with E-state index >= 15 is 0 Å².